The second-order valence-electron chi connectivity index (χ2n) is 8.44. The Bertz CT molecular complexity index is 1090. The van der Waals surface area contributed by atoms with Gasteiger partial charge in [-0.05, 0) is 22.6 Å². The van der Waals surface area contributed by atoms with Gasteiger partial charge in [0.15, 0.2) is 0 Å². The molecule has 2 aromatic rings. The van der Waals surface area contributed by atoms with E-state index in [0.717, 1.165) is 5.56 Å². The second-order valence-corrected chi connectivity index (χ2v) is 12.7. The fraction of sp³-hybridized carbons (Fsp3) is 0.435. The molecule has 188 valence electrons. The average Bonchev–Trinajstić information content (AvgIpc) is 2.79. The Kier molecular flexibility index (Phi) is 10.4. The van der Waals surface area contributed by atoms with Crippen molar-refractivity contribution in [2.75, 3.05) is 18.5 Å². The number of carbonyl (C=O) groups is 1. The zero-order chi connectivity index (χ0) is 25.4. The van der Waals surface area contributed by atoms with Crippen molar-refractivity contribution >= 4 is 23.4 Å². The monoisotopic (exact) mass is 512 g/mol. The summed E-state index contributed by atoms with van der Waals surface area (Å²) in [6.45, 7) is 3.54. The van der Waals surface area contributed by atoms with Gasteiger partial charge in [0.05, 0.1) is 24.9 Å². The lowest BCUT2D eigenvalue weighted by Crippen LogP contribution is -2.41. The van der Waals surface area contributed by atoms with E-state index in [1.54, 1.807) is 38.1 Å². The molecule has 0 radical (unpaired) electrons. The molecule has 3 unspecified atom stereocenters. The number of nitrogens with one attached hydrogen (secondary N) is 1. The summed E-state index contributed by atoms with van der Waals surface area (Å²) in [5.74, 6) is -4.86. The Hall–Kier alpha value is -2.07. The highest BCUT2D eigenvalue weighted by Crippen LogP contribution is 2.51. The summed E-state index contributed by atoms with van der Waals surface area (Å²) in [5, 5.41) is 9.73. The number of sulfonamides is 1. The Morgan fingerprint density at radius 3 is 2.35 bits per heavy atom. The van der Waals surface area contributed by atoms with E-state index in [2.05, 4.69) is 4.72 Å². The summed E-state index contributed by atoms with van der Waals surface area (Å²) in [6.07, 6.45) is -0.619. The molecule has 9 nitrogen and oxygen atoms in total. The molecule has 0 aliphatic carbocycles. The van der Waals surface area contributed by atoms with Gasteiger partial charge in [0.25, 0.3) is 0 Å². The quantitative estimate of drug-likeness (QED) is 0.222. The minimum absolute atomic E-state index is 0.103. The Balaban J connectivity index is 2.09. The second kappa shape index (κ2) is 12.6. The van der Waals surface area contributed by atoms with Crippen molar-refractivity contribution < 1.29 is 32.5 Å². The zero-order valence-corrected chi connectivity index (χ0v) is 21.0. The van der Waals surface area contributed by atoms with Crippen LogP contribution in [0.3, 0.4) is 0 Å². The number of hydrogen-bond acceptors (Lipinski definition) is 6. The maximum Gasteiger partial charge on any atom is 0.311 e. The molecule has 0 heterocycles. The largest absolute Gasteiger partial charge is 0.481 e. The van der Waals surface area contributed by atoms with Crippen molar-refractivity contribution in [2.24, 2.45) is 11.7 Å². The lowest BCUT2D eigenvalue weighted by atomic mass is 9.99. The number of carboxylic acids is 1. The third-order valence-electron chi connectivity index (χ3n) is 5.31. The van der Waals surface area contributed by atoms with Gasteiger partial charge in [-0.15, -0.1) is 0 Å². The molecule has 2 rings (SSSR count). The van der Waals surface area contributed by atoms with E-state index < -0.39 is 52.9 Å². The molecule has 0 aliphatic rings. The molecule has 0 spiro atoms. The fourth-order valence-corrected chi connectivity index (χ4v) is 7.78. The van der Waals surface area contributed by atoms with Crippen LogP contribution in [-0.2, 0) is 37.3 Å². The molecule has 5 N–H and O–H groups in total. The van der Waals surface area contributed by atoms with E-state index in [1.807, 2.05) is 30.3 Å². The first-order valence-electron chi connectivity index (χ1n) is 10.9. The molecule has 0 fully saturated rings. The molecule has 2 aromatic carbocycles. The predicted octanol–water partition coefficient (Wildman–Crippen LogP) is 2.70. The molecule has 3 atom stereocenters. The topological polar surface area (TPSA) is 156 Å². The standard InChI is InChI=1S/C23H33N2O7PS/c1-17(2)22(25-34(30,31)12-11-32-15-18-7-4-3-5-8-18)33(28,29)16-21(23(26)27)20-10-6-9-19(13-20)14-24/h3-10,13,17,21-22,25H,11-12,14-16,24H2,1-2H3,(H,26,27)(H,28,29). The Labute approximate surface area is 200 Å². The minimum Gasteiger partial charge on any atom is -0.481 e. The molecule has 0 aromatic heterocycles. The van der Waals surface area contributed by atoms with Crippen molar-refractivity contribution in [3.05, 3.63) is 71.3 Å². The summed E-state index contributed by atoms with van der Waals surface area (Å²) < 4.78 is 46.3. The Morgan fingerprint density at radius 1 is 1.12 bits per heavy atom. The highest BCUT2D eigenvalue weighted by atomic mass is 32.2. The van der Waals surface area contributed by atoms with E-state index in [-0.39, 0.29) is 19.8 Å². The first kappa shape index (κ1) is 28.2. The van der Waals surface area contributed by atoms with Crippen LogP contribution in [0.1, 0.15) is 36.5 Å². The van der Waals surface area contributed by atoms with Crippen molar-refractivity contribution in [3.8, 4) is 0 Å². The molecule has 0 aliphatic heterocycles. The van der Waals surface area contributed by atoms with Crippen LogP contribution in [0.25, 0.3) is 0 Å². The number of benzene rings is 2. The van der Waals surface area contributed by atoms with E-state index >= 15 is 0 Å². The van der Waals surface area contributed by atoms with E-state index in [1.165, 1.54) is 0 Å². The van der Waals surface area contributed by atoms with Gasteiger partial charge in [0.2, 0.25) is 17.4 Å². The maximum atomic E-state index is 13.3. The van der Waals surface area contributed by atoms with Gasteiger partial charge in [0, 0.05) is 12.7 Å². The van der Waals surface area contributed by atoms with Crippen LogP contribution in [0.5, 0.6) is 0 Å². The average molecular weight is 513 g/mol. The fourth-order valence-electron chi connectivity index (χ4n) is 3.50. The summed E-state index contributed by atoms with van der Waals surface area (Å²) in [4.78, 5) is 22.8. The molecule has 0 saturated carbocycles. The molecular weight excluding hydrogens is 479 g/mol. The van der Waals surface area contributed by atoms with Crippen molar-refractivity contribution in [3.63, 3.8) is 0 Å². The maximum absolute atomic E-state index is 13.3. The first-order valence-corrected chi connectivity index (χ1v) is 14.5. The van der Waals surface area contributed by atoms with Crippen molar-refractivity contribution in [2.45, 2.75) is 38.7 Å². The zero-order valence-electron chi connectivity index (χ0n) is 19.3. The normalized spacial score (nSPS) is 15.6. The van der Waals surface area contributed by atoms with Gasteiger partial charge in [-0.3, -0.25) is 9.36 Å². The molecule has 34 heavy (non-hydrogen) atoms. The van der Waals surface area contributed by atoms with Gasteiger partial charge < -0.3 is 20.5 Å². The van der Waals surface area contributed by atoms with Crippen molar-refractivity contribution in [1.29, 1.82) is 0 Å². The van der Waals surface area contributed by atoms with Gasteiger partial charge >= 0.3 is 5.97 Å². The SMILES string of the molecule is CC(C)C(NS(=O)(=O)CCOCc1ccccc1)P(=O)(O)CC(C(=O)O)c1cccc(CN)c1. The van der Waals surface area contributed by atoms with E-state index in [0.29, 0.717) is 11.1 Å². The minimum atomic E-state index is -4.28. The van der Waals surface area contributed by atoms with Gasteiger partial charge in [-0.1, -0.05) is 68.4 Å². The summed E-state index contributed by atoms with van der Waals surface area (Å²) in [5.41, 5.74) is 7.54. The van der Waals surface area contributed by atoms with Crippen LogP contribution in [0.4, 0.5) is 0 Å². The number of ether oxygens (including phenoxy) is 1. The van der Waals surface area contributed by atoms with Gasteiger partial charge in [0.1, 0.15) is 5.78 Å². The third kappa shape index (κ3) is 8.61. The summed E-state index contributed by atoms with van der Waals surface area (Å²) in [7, 11) is -8.25. The highest BCUT2D eigenvalue weighted by Gasteiger charge is 2.40. The molecule has 11 heteroatoms. The number of carboxylic acid groups (broad SMARTS) is 1. The lowest BCUT2D eigenvalue weighted by molar-refractivity contribution is -0.138. The van der Waals surface area contributed by atoms with Gasteiger partial charge in [-0.2, -0.15) is 0 Å². The summed E-state index contributed by atoms with van der Waals surface area (Å²) >= 11 is 0. The Morgan fingerprint density at radius 2 is 1.76 bits per heavy atom. The third-order valence-corrected chi connectivity index (χ3v) is 9.28. The van der Waals surface area contributed by atoms with Crippen molar-refractivity contribution in [1.82, 2.24) is 4.72 Å². The summed E-state index contributed by atoms with van der Waals surface area (Å²) in [6, 6.07) is 15.8. The van der Waals surface area contributed by atoms with Crippen LogP contribution in [-0.4, -0.2) is 48.7 Å². The van der Waals surface area contributed by atoms with Crippen LogP contribution < -0.4 is 10.5 Å². The van der Waals surface area contributed by atoms with Crippen LogP contribution in [0.15, 0.2) is 54.6 Å². The number of nitrogens with two attached hydrogens (primary N) is 1. The van der Waals surface area contributed by atoms with E-state index in [4.69, 9.17) is 10.5 Å². The smallest absolute Gasteiger partial charge is 0.311 e. The molecule has 0 bridgehead atoms. The lowest BCUT2D eigenvalue weighted by Gasteiger charge is -2.29. The molecular formula is C23H33N2O7PS. The number of rotatable bonds is 14. The van der Waals surface area contributed by atoms with Gasteiger partial charge in [-0.25, -0.2) is 13.1 Å². The van der Waals surface area contributed by atoms with Crippen LogP contribution in [0, 0.1) is 5.92 Å². The number of aliphatic carboxylic acids is 1. The van der Waals surface area contributed by atoms with Crippen LogP contribution >= 0.6 is 7.37 Å². The highest BCUT2D eigenvalue weighted by molar-refractivity contribution is 7.89. The van der Waals surface area contributed by atoms with Crippen LogP contribution in [0.2, 0.25) is 0 Å². The predicted molar refractivity (Wildman–Crippen MR) is 131 cm³/mol. The molecule has 0 amide bonds. The van der Waals surface area contributed by atoms with E-state index in [9.17, 15) is 27.8 Å². The number of hydrogen-bond donors (Lipinski definition) is 4. The first-order chi connectivity index (χ1) is 15.9. The molecule has 0 saturated heterocycles.